The first-order chi connectivity index (χ1) is 7.25. The average molecular weight is 223 g/mol. The van der Waals surface area contributed by atoms with Crippen LogP contribution in [0.5, 0.6) is 5.75 Å². The normalized spacial score (nSPS) is 14.8. The van der Waals surface area contributed by atoms with Gasteiger partial charge in [-0.05, 0) is 30.7 Å². The fraction of sp³-hybridized carbons (Fsp3) is 0.364. The Morgan fingerprint density at radius 2 is 2.00 bits per heavy atom. The molecule has 3 nitrogen and oxygen atoms in total. The number of thioether (sulfide) groups is 1. The number of hydrogen-bond acceptors (Lipinski definition) is 3. The molecule has 0 spiro atoms. The molecule has 15 heavy (non-hydrogen) atoms. The maximum atomic E-state index is 11.5. The van der Waals surface area contributed by atoms with Crippen LogP contribution >= 0.6 is 11.8 Å². The van der Waals surface area contributed by atoms with E-state index in [4.69, 9.17) is 5.11 Å². The third kappa shape index (κ3) is 2.65. The van der Waals surface area contributed by atoms with Gasteiger partial charge in [0.05, 0.1) is 5.75 Å². The van der Waals surface area contributed by atoms with Gasteiger partial charge in [0.25, 0.3) is 0 Å². The molecule has 80 valence electrons. The van der Waals surface area contributed by atoms with Gasteiger partial charge in [0.2, 0.25) is 5.91 Å². The van der Waals surface area contributed by atoms with Crippen LogP contribution in [0.4, 0.5) is 0 Å². The lowest BCUT2D eigenvalue weighted by molar-refractivity contribution is -0.131. The first-order valence-electron chi connectivity index (χ1n) is 4.95. The average Bonchev–Trinajstić information content (AvgIpc) is 2.14. The monoisotopic (exact) mass is 223 g/mol. The molecule has 1 aliphatic heterocycles. The minimum absolute atomic E-state index is 0.208. The molecule has 0 bridgehead atoms. The van der Waals surface area contributed by atoms with Crippen LogP contribution in [-0.2, 0) is 4.79 Å². The third-order valence-electron chi connectivity index (χ3n) is 2.41. The fourth-order valence-corrected chi connectivity index (χ4v) is 2.15. The number of carbonyl (C=O) groups is 1. The van der Waals surface area contributed by atoms with Gasteiger partial charge in [-0.3, -0.25) is 4.79 Å². The molecule has 0 radical (unpaired) electrons. The number of benzene rings is 1. The lowest BCUT2D eigenvalue weighted by Crippen LogP contribution is -2.42. The van der Waals surface area contributed by atoms with Gasteiger partial charge in [0.1, 0.15) is 5.75 Å². The quantitative estimate of drug-likeness (QED) is 0.793. The third-order valence-corrected chi connectivity index (χ3v) is 3.40. The summed E-state index contributed by atoms with van der Waals surface area (Å²) in [5.74, 6) is 0.956. The molecule has 0 unspecified atom stereocenters. The molecule has 4 heteroatoms. The van der Waals surface area contributed by atoms with Crippen LogP contribution in [-0.4, -0.2) is 34.8 Å². The Hall–Kier alpha value is -1.16. The number of hydrogen-bond donors (Lipinski definition) is 1. The highest BCUT2D eigenvalue weighted by atomic mass is 32.2. The van der Waals surface area contributed by atoms with Gasteiger partial charge in [0, 0.05) is 18.0 Å². The minimum Gasteiger partial charge on any atom is -0.508 e. The summed E-state index contributed by atoms with van der Waals surface area (Å²) in [7, 11) is 0. The molecule has 1 amide bonds. The zero-order valence-electron chi connectivity index (χ0n) is 8.35. The Bertz CT molecular complexity index is 346. The molecule has 1 saturated heterocycles. The Labute approximate surface area is 93.1 Å². The summed E-state index contributed by atoms with van der Waals surface area (Å²) in [6, 6.07) is 6.92. The summed E-state index contributed by atoms with van der Waals surface area (Å²) < 4.78 is 0. The summed E-state index contributed by atoms with van der Waals surface area (Å²) in [6.07, 6.45) is 1.13. The second-order valence-electron chi connectivity index (χ2n) is 3.52. The minimum atomic E-state index is 0.208. The number of amides is 1. The van der Waals surface area contributed by atoms with Crippen LogP contribution in [0.3, 0.4) is 0 Å². The van der Waals surface area contributed by atoms with E-state index in [1.165, 1.54) is 11.8 Å². The van der Waals surface area contributed by atoms with Gasteiger partial charge in [0.15, 0.2) is 0 Å². The van der Waals surface area contributed by atoms with E-state index >= 15 is 0 Å². The van der Waals surface area contributed by atoms with Crippen molar-refractivity contribution in [2.75, 3.05) is 18.8 Å². The van der Waals surface area contributed by atoms with Crippen LogP contribution in [0.1, 0.15) is 6.42 Å². The van der Waals surface area contributed by atoms with Crippen molar-refractivity contribution in [3.63, 3.8) is 0 Å². The molecule has 1 aromatic rings. The lowest BCUT2D eigenvalue weighted by Gasteiger charge is -2.30. The highest BCUT2D eigenvalue weighted by molar-refractivity contribution is 8.00. The second kappa shape index (κ2) is 4.57. The topological polar surface area (TPSA) is 40.5 Å². The first-order valence-corrected chi connectivity index (χ1v) is 5.94. The van der Waals surface area contributed by atoms with Gasteiger partial charge in [-0.25, -0.2) is 0 Å². The van der Waals surface area contributed by atoms with E-state index in [0.29, 0.717) is 5.75 Å². The summed E-state index contributed by atoms with van der Waals surface area (Å²) in [4.78, 5) is 14.4. The lowest BCUT2D eigenvalue weighted by atomic mass is 10.2. The van der Waals surface area contributed by atoms with E-state index in [2.05, 4.69) is 0 Å². The number of carbonyl (C=O) groups excluding carboxylic acids is 1. The smallest absolute Gasteiger partial charge is 0.232 e. The van der Waals surface area contributed by atoms with Crippen molar-refractivity contribution in [1.29, 1.82) is 0 Å². The predicted octanol–water partition coefficient (Wildman–Crippen LogP) is 1.72. The summed E-state index contributed by atoms with van der Waals surface area (Å²) in [5.41, 5.74) is 0. The Kier molecular flexibility index (Phi) is 3.16. The molecule has 0 aromatic heterocycles. The predicted molar refractivity (Wildman–Crippen MR) is 60.0 cm³/mol. The number of phenols is 1. The van der Waals surface area contributed by atoms with Crippen molar-refractivity contribution in [2.45, 2.75) is 11.3 Å². The van der Waals surface area contributed by atoms with Crippen LogP contribution in [0.15, 0.2) is 29.2 Å². The number of rotatable bonds is 3. The van der Waals surface area contributed by atoms with Crippen molar-refractivity contribution in [2.24, 2.45) is 0 Å². The van der Waals surface area contributed by atoms with Crippen LogP contribution in [0.25, 0.3) is 0 Å². The number of aromatic hydroxyl groups is 1. The van der Waals surface area contributed by atoms with Crippen molar-refractivity contribution in [1.82, 2.24) is 4.90 Å². The standard InChI is InChI=1S/C11H13NO2S/c13-9-2-4-10(5-3-9)15-8-11(14)12-6-1-7-12/h2-5,13H,1,6-8H2. The van der Waals surface area contributed by atoms with Gasteiger partial charge in [-0.1, -0.05) is 0 Å². The van der Waals surface area contributed by atoms with Gasteiger partial charge < -0.3 is 10.0 Å². The molecule has 2 rings (SSSR count). The van der Waals surface area contributed by atoms with Gasteiger partial charge in [-0.2, -0.15) is 0 Å². The van der Waals surface area contributed by atoms with Crippen molar-refractivity contribution >= 4 is 17.7 Å². The summed E-state index contributed by atoms with van der Waals surface area (Å²) >= 11 is 1.51. The van der Waals surface area contributed by atoms with Crippen LogP contribution < -0.4 is 0 Å². The molecule has 1 N–H and O–H groups in total. The van der Waals surface area contributed by atoms with E-state index in [-0.39, 0.29) is 11.7 Å². The van der Waals surface area contributed by atoms with Crippen molar-refractivity contribution in [3.8, 4) is 5.75 Å². The van der Waals surface area contributed by atoms with Crippen LogP contribution in [0.2, 0.25) is 0 Å². The molecular formula is C11H13NO2S. The largest absolute Gasteiger partial charge is 0.508 e. The molecule has 0 saturated carbocycles. The molecule has 1 aromatic carbocycles. The van der Waals surface area contributed by atoms with Gasteiger partial charge >= 0.3 is 0 Å². The zero-order valence-corrected chi connectivity index (χ0v) is 9.17. The second-order valence-corrected chi connectivity index (χ2v) is 4.57. The number of likely N-dealkylation sites (tertiary alicyclic amines) is 1. The Balaban J connectivity index is 1.82. The molecule has 1 fully saturated rings. The first kappa shape index (κ1) is 10.4. The van der Waals surface area contributed by atoms with Crippen LogP contribution in [0, 0.1) is 0 Å². The molecule has 0 atom stereocenters. The number of phenolic OH excluding ortho intramolecular Hbond substituents is 1. The zero-order chi connectivity index (χ0) is 10.7. The van der Waals surface area contributed by atoms with E-state index in [9.17, 15) is 4.79 Å². The molecule has 1 aliphatic rings. The van der Waals surface area contributed by atoms with E-state index < -0.39 is 0 Å². The summed E-state index contributed by atoms with van der Waals surface area (Å²) in [6.45, 7) is 1.82. The molecule has 0 aliphatic carbocycles. The molecule has 1 heterocycles. The molecular weight excluding hydrogens is 210 g/mol. The number of nitrogens with zero attached hydrogens (tertiary/aromatic N) is 1. The highest BCUT2D eigenvalue weighted by Crippen LogP contribution is 2.21. The maximum Gasteiger partial charge on any atom is 0.232 e. The van der Waals surface area contributed by atoms with E-state index in [1.54, 1.807) is 12.1 Å². The Morgan fingerprint density at radius 3 is 2.53 bits per heavy atom. The SMILES string of the molecule is O=C(CSc1ccc(O)cc1)N1CCC1. The highest BCUT2D eigenvalue weighted by Gasteiger charge is 2.19. The van der Waals surface area contributed by atoms with Gasteiger partial charge in [-0.15, -0.1) is 11.8 Å². The van der Waals surface area contributed by atoms with E-state index in [1.807, 2.05) is 17.0 Å². The maximum absolute atomic E-state index is 11.5. The fourth-order valence-electron chi connectivity index (χ4n) is 1.34. The summed E-state index contributed by atoms with van der Waals surface area (Å²) in [5, 5.41) is 9.09. The van der Waals surface area contributed by atoms with Crippen molar-refractivity contribution in [3.05, 3.63) is 24.3 Å². The van der Waals surface area contributed by atoms with E-state index in [0.717, 1.165) is 24.4 Å². The van der Waals surface area contributed by atoms with Crippen molar-refractivity contribution < 1.29 is 9.90 Å². The Morgan fingerprint density at radius 1 is 1.33 bits per heavy atom.